The van der Waals surface area contributed by atoms with E-state index in [0.717, 1.165) is 6.07 Å². The summed E-state index contributed by atoms with van der Waals surface area (Å²) in [4.78, 5) is 21.2. The Morgan fingerprint density at radius 1 is 1.24 bits per heavy atom. The summed E-state index contributed by atoms with van der Waals surface area (Å²) in [5, 5.41) is 20.2. The maximum atomic E-state index is 11.0. The molecule has 0 atom stereocenters. The molecule has 8 heteroatoms. The molecular formula is C13H7BrClNO5. The molecule has 0 aliphatic carbocycles. The highest BCUT2D eigenvalue weighted by Gasteiger charge is 2.20. The average Bonchev–Trinajstić information content (AvgIpc) is 2.42. The van der Waals surface area contributed by atoms with Gasteiger partial charge in [-0.25, -0.2) is 4.79 Å². The lowest BCUT2D eigenvalue weighted by Gasteiger charge is -2.09. The van der Waals surface area contributed by atoms with E-state index in [0.29, 0.717) is 4.47 Å². The van der Waals surface area contributed by atoms with Crippen LogP contribution < -0.4 is 4.74 Å². The number of rotatable bonds is 4. The number of nitro benzene ring substituents is 1. The van der Waals surface area contributed by atoms with Crippen LogP contribution in [0.15, 0.2) is 40.9 Å². The van der Waals surface area contributed by atoms with Crippen molar-refractivity contribution in [3.05, 3.63) is 61.6 Å². The summed E-state index contributed by atoms with van der Waals surface area (Å²) < 4.78 is 6.11. The number of benzene rings is 2. The van der Waals surface area contributed by atoms with E-state index < -0.39 is 16.6 Å². The van der Waals surface area contributed by atoms with Crippen molar-refractivity contribution in [1.29, 1.82) is 0 Å². The minimum Gasteiger partial charge on any atom is -0.478 e. The van der Waals surface area contributed by atoms with E-state index in [2.05, 4.69) is 15.9 Å². The summed E-state index contributed by atoms with van der Waals surface area (Å²) in [6.07, 6.45) is 0. The fourth-order valence-electron chi connectivity index (χ4n) is 1.55. The molecular weight excluding hydrogens is 366 g/mol. The van der Waals surface area contributed by atoms with Crippen LogP contribution in [-0.4, -0.2) is 16.0 Å². The van der Waals surface area contributed by atoms with Crippen molar-refractivity contribution < 1.29 is 19.6 Å². The van der Waals surface area contributed by atoms with Crippen molar-refractivity contribution in [1.82, 2.24) is 0 Å². The maximum Gasteiger partial charge on any atom is 0.335 e. The van der Waals surface area contributed by atoms with Gasteiger partial charge in [-0.3, -0.25) is 10.1 Å². The van der Waals surface area contributed by atoms with Crippen LogP contribution in [0.5, 0.6) is 11.5 Å². The third-order valence-corrected chi connectivity index (χ3v) is 3.32. The molecule has 0 aliphatic heterocycles. The lowest BCUT2D eigenvalue weighted by molar-refractivity contribution is -0.385. The number of hydrogen-bond acceptors (Lipinski definition) is 4. The Morgan fingerprint density at radius 3 is 2.57 bits per heavy atom. The van der Waals surface area contributed by atoms with Crippen molar-refractivity contribution in [3.8, 4) is 11.5 Å². The first-order valence-electron chi connectivity index (χ1n) is 5.53. The van der Waals surface area contributed by atoms with Crippen LogP contribution >= 0.6 is 27.5 Å². The fourth-order valence-corrected chi connectivity index (χ4v) is 2.05. The third kappa shape index (κ3) is 3.50. The molecule has 0 unspecified atom stereocenters. The van der Waals surface area contributed by atoms with Crippen molar-refractivity contribution in [2.24, 2.45) is 0 Å². The number of carbonyl (C=O) groups is 1. The highest BCUT2D eigenvalue weighted by Crippen LogP contribution is 2.36. The van der Waals surface area contributed by atoms with E-state index in [-0.39, 0.29) is 22.1 Å². The lowest BCUT2D eigenvalue weighted by Crippen LogP contribution is -2.00. The second kappa shape index (κ2) is 6.11. The Balaban J connectivity index is 2.46. The molecule has 0 heterocycles. The van der Waals surface area contributed by atoms with Crippen LogP contribution in [0.2, 0.25) is 5.02 Å². The van der Waals surface area contributed by atoms with Gasteiger partial charge in [-0.2, -0.15) is 0 Å². The molecule has 6 nitrogen and oxygen atoms in total. The molecule has 0 saturated carbocycles. The molecule has 0 saturated heterocycles. The van der Waals surface area contributed by atoms with Gasteiger partial charge in [0.25, 0.3) is 0 Å². The van der Waals surface area contributed by atoms with Crippen molar-refractivity contribution >= 4 is 39.2 Å². The topological polar surface area (TPSA) is 89.7 Å². The Morgan fingerprint density at radius 2 is 1.95 bits per heavy atom. The van der Waals surface area contributed by atoms with Gasteiger partial charge in [-0.1, -0.05) is 27.5 Å². The van der Waals surface area contributed by atoms with Gasteiger partial charge in [-0.05, 0) is 30.3 Å². The van der Waals surface area contributed by atoms with Crippen LogP contribution in [0.25, 0.3) is 0 Å². The lowest BCUT2D eigenvalue weighted by atomic mass is 10.2. The summed E-state index contributed by atoms with van der Waals surface area (Å²) in [5.74, 6) is -1.13. The molecule has 0 spiro atoms. The predicted octanol–water partition coefficient (Wildman–Crippen LogP) is 4.50. The number of aromatic carboxylic acids is 1. The molecule has 0 fully saturated rings. The van der Waals surface area contributed by atoms with Crippen molar-refractivity contribution in [2.45, 2.75) is 0 Å². The first kappa shape index (κ1) is 15.3. The van der Waals surface area contributed by atoms with Crippen molar-refractivity contribution in [2.75, 3.05) is 0 Å². The van der Waals surface area contributed by atoms with Gasteiger partial charge in [0.15, 0.2) is 0 Å². The molecule has 21 heavy (non-hydrogen) atoms. The molecule has 1 N–H and O–H groups in total. The molecule has 0 bridgehead atoms. The third-order valence-electron chi connectivity index (χ3n) is 2.52. The predicted molar refractivity (Wildman–Crippen MR) is 79.3 cm³/mol. The first-order chi connectivity index (χ1) is 9.88. The van der Waals surface area contributed by atoms with E-state index in [1.54, 1.807) is 18.2 Å². The minimum atomic E-state index is -1.26. The fraction of sp³-hybridized carbons (Fsp3) is 0. The zero-order valence-electron chi connectivity index (χ0n) is 10.2. The zero-order chi connectivity index (χ0) is 15.6. The van der Waals surface area contributed by atoms with Gasteiger partial charge in [-0.15, -0.1) is 0 Å². The van der Waals surface area contributed by atoms with E-state index in [1.165, 1.54) is 12.1 Å². The largest absolute Gasteiger partial charge is 0.478 e. The number of nitro groups is 1. The molecule has 108 valence electrons. The molecule has 2 rings (SSSR count). The van der Waals surface area contributed by atoms with E-state index in [1.807, 2.05) is 0 Å². The second-order valence-corrected chi connectivity index (χ2v) is 5.24. The van der Waals surface area contributed by atoms with Gasteiger partial charge in [0.05, 0.1) is 15.5 Å². The summed E-state index contributed by atoms with van der Waals surface area (Å²) in [5.41, 5.74) is -0.652. The quantitative estimate of drug-likeness (QED) is 0.630. The van der Waals surface area contributed by atoms with Crippen molar-refractivity contribution in [3.63, 3.8) is 0 Å². The first-order valence-corrected chi connectivity index (χ1v) is 6.70. The van der Waals surface area contributed by atoms with Gasteiger partial charge in [0.2, 0.25) is 5.75 Å². The summed E-state index contributed by atoms with van der Waals surface area (Å²) in [6.45, 7) is 0. The second-order valence-electron chi connectivity index (χ2n) is 3.92. The summed E-state index contributed by atoms with van der Waals surface area (Å²) in [7, 11) is 0. The van der Waals surface area contributed by atoms with E-state index in [9.17, 15) is 14.9 Å². The number of carboxylic acid groups (broad SMARTS) is 1. The number of halogens is 2. The Kier molecular flexibility index (Phi) is 4.44. The molecule has 0 radical (unpaired) electrons. The van der Waals surface area contributed by atoms with Crippen LogP contribution in [0.3, 0.4) is 0 Å². The van der Waals surface area contributed by atoms with Gasteiger partial charge >= 0.3 is 11.7 Å². The molecule has 0 aromatic heterocycles. The number of hydrogen-bond donors (Lipinski definition) is 1. The Bertz CT molecular complexity index is 734. The molecule has 0 aliphatic rings. The Hall–Kier alpha value is -2.12. The standard InChI is InChI=1S/C13H7BrClNO5/c14-8-2-3-9(15)12(6-8)21-11-4-1-7(13(17)18)5-10(11)16(19)20/h1-6H,(H,17,18). The minimum absolute atomic E-state index is 0.0926. The zero-order valence-corrected chi connectivity index (χ0v) is 12.6. The van der Waals surface area contributed by atoms with E-state index >= 15 is 0 Å². The van der Waals surface area contributed by atoms with Gasteiger partial charge in [0, 0.05) is 10.5 Å². The highest BCUT2D eigenvalue weighted by atomic mass is 79.9. The number of ether oxygens (including phenoxy) is 1. The maximum absolute atomic E-state index is 11.0. The molecule has 0 amide bonds. The van der Waals surface area contributed by atoms with Crippen LogP contribution in [0.4, 0.5) is 5.69 Å². The SMILES string of the molecule is O=C(O)c1ccc(Oc2cc(Br)ccc2Cl)c([N+](=O)[O-])c1. The molecule has 2 aromatic carbocycles. The van der Waals surface area contributed by atoms with Gasteiger partial charge < -0.3 is 9.84 Å². The van der Waals surface area contributed by atoms with E-state index in [4.69, 9.17) is 21.4 Å². The number of carboxylic acids is 1. The monoisotopic (exact) mass is 371 g/mol. The number of nitrogens with zero attached hydrogens (tertiary/aromatic N) is 1. The summed E-state index contributed by atoms with van der Waals surface area (Å²) in [6, 6.07) is 8.19. The van der Waals surface area contributed by atoms with Crippen LogP contribution in [0.1, 0.15) is 10.4 Å². The normalized spacial score (nSPS) is 10.2. The van der Waals surface area contributed by atoms with Gasteiger partial charge in [0.1, 0.15) is 5.75 Å². The van der Waals surface area contributed by atoms with Crippen LogP contribution in [0, 0.1) is 10.1 Å². The smallest absolute Gasteiger partial charge is 0.335 e. The summed E-state index contributed by atoms with van der Waals surface area (Å²) >= 11 is 9.19. The average molecular weight is 373 g/mol. The molecule has 2 aromatic rings. The highest BCUT2D eigenvalue weighted by molar-refractivity contribution is 9.10. The Labute approximate surface area is 132 Å². The van der Waals surface area contributed by atoms with Crippen LogP contribution in [-0.2, 0) is 0 Å².